The fourth-order valence-corrected chi connectivity index (χ4v) is 4.91. The van der Waals surface area contributed by atoms with Crippen molar-refractivity contribution in [3.05, 3.63) is 68.5 Å². The summed E-state index contributed by atoms with van der Waals surface area (Å²) in [6, 6.07) is 9.71. The Morgan fingerprint density at radius 3 is 2.56 bits per heavy atom. The van der Waals surface area contributed by atoms with Gasteiger partial charge >= 0.3 is 0 Å². The molecule has 2 heterocycles. The van der Waals surface area contributed by atoms with Crippen molar-refractivity contribution >= 4 is 28.2 Å². The van der Waals surface area contributed by atoms with E-state index in [-0.39, 0.29) is 11.6 Å². The molecule has 180 valence electrons. The number of methoxy groups -OCH3 is 3. The SMILES string of the molecule is COCCNC(=S)N1CCc2cc(OC)c(OC)cc2[C@H]1c1cc2ccc(C)c(C)c2[nH]c1=O. The van der Waals surface area contributed by atoms with Crippen LogP contribution in [-0.2, 0) is 11.2 Å². The Kier molecular flexibility index (Phi) is 7.09. The highest BCUT2D eigenvalue weighted by molar-refractivity contribution is 7.80. The molecule has 2 N–H and O–H groups in total. The zero-order chi connectivity index (χ0) is 24.4. The Labute approximate surface area is 205 Å². The van der Waals surface area contributed by atoms with Gasteiger partial charge in [-0.1, -0.05) is 12.1 Å². The van der Waals surface area contributed by atoms with Crippen molar-refractivity contribution in [2.24, 2.45) is 0 Å². The lowest BCUT2D eigenvalue weighted by molar-refractivity contribution is 0.202. The molecule has 1 aliphatic heterocycles. The predicted molar refractivity (Wildman–Crippen MR) is 138 cm³/mol. The van der Waals surface area contributed by atoms with Crippen LogP contribution in [0.5, 0.6) is 11.5 Å². The van der Waals surface area contributed by atoms with Crippen LogP contribution in [0.2, 0.25) is 0 Å². The number of H-pyrrole nitrogens is 1. The van der Waals surface area contributed by atoms with Crippen LogP contribution >= 0.6 is 12.2 Å². The molecule has 1 aromatic heterocycles. The monoisotopic (exact) mass is 481 g/mol. The number of aromatic amines is 1. The molecule has 7 nitrogen and oxygen atoms in total. The van der Waals surface area contributed by atoms with E-state index in [1.807, 2.05) is 32.0 Å². The third kappa shape index (κ3) is 4.35. The number of rotatable bonds is 6. The molecule has 0 bridgehead atoms. The molecule has 0 saturated heterocycles. The number of nitrogens with zero attached hydrogens (tertiary/aromatic N) is 1. The van der Waals surface area contributed by atoms with Gasteiger partial charge in [0.1, 0.15) is 0 Å². The van der Waals surface area contributed by atoms with Crippen molar-refractivity contribution in [1.29, 1.82) is 0 Å². The molecule has 8 heteroatoms. The first-order valence-corrected chi connectivity index (χ1v) is 11.7. The smallest absolute Gasteiger partial charge is 0.254 e. The molecule has 0 fully saturated rings. The Balaban J connectivity index is 1.90. The average molecular weight is 482 g/mol. The van der Waals surface area contributed by atoms with E-state index < -0.39 is 0 Å². The summed E-state index contributed by atoms with van der Waals surface area (Å²) in [6.45, 7) is 5.86. The molecular weight excluding hydrogens is 450 g/mol. The lowest BCUT2D eigenvalue weighted by Gasteiger charge is -2.39. The minimum Gasteiger partial charge on any atom is -0.493 e. The third-order valence-corrected chi connectivity index (χ3v) is 6.97. The van der Waals surface area contributed by atoms with Gasteiger partial charge in [0.2, 0.25) is 0 Å². The quantitative estimate of drug-likeness (QED) is 0.411. The largest absolute Gasteiger partial charge is 0.493 e. The molecule has 0 saturated carbocycles. The molecule has 1 aliphatic rings. The van der Waals surface area contributed by atoms with Gasteiger partial charge in [0.15, 0.2) is 16.6 Å². The Hall–Kier alpha value is -3.10. The van der Waals surface area contributed by atoms with Gasteiger partial charge in [-0.2, -0.15) is 0 Å². The molecule has 0 radical (unpaired) electrons. The molecule has 0 spiro atoms. The normalized spacial score (nSPS) is 15.2. The number of thiocarbonyl (C=S) groups is 1. The number of fused-ring (bicyclic) bond motifs is 2. The van der Waals surface area contributed by atoms with Crippen LogP contribution in [0.15, 0.2) is 35.1 Å². The van der Waals surface area contributed by atoms with Crippen molar-refractivity contribution in [2.45, 2.75) is 26.3 Å². The number of aryl methyl sites for hydroxylation is 2. The second-order valence-electron chi connectivity index (χ2n) is 8.50. The summed E-state index contributed by atoms with van der Waals surface area (Å²) < 4.78 is 16.3. The van der Waals surface area contributed by atoms with Gasteiger partial charge in [0.05, 0.1) is 32.4 Å². The van der Waals surface area contributed by atoms with Crippen LogP contribution in [-0.4, -0.2) is 56.0 Å². The minimum atomic E-state index is -0.374. The van der Waals surface area contributed by atoms with Crippen LogP contribution in [0.25, 0.3) is 10.9 Å². The second kappa shape index (κ2) is 10.0. The lowest BCUT2D eigenvalue weighted by atomic mass is 9.87. The first-order chi connectivity index (χ1) is 16.4. The van der Waals surface area contributed by atoms with Crippen LogP contribution in [0.4, 0.5) is 0 Å². The summed E-state index contributed by atoms with van der Waals surface area (Å²) >= 11 is 5.77. The van der Waals surface area contributed by atoms with E-state index in [1.54, 1.807) is 21.3 Å². The minimum absolute atomic E-state index is 0.126. The Bertz CT molecular complexity index is 1290. The van der Waals surface area contributed by atoms with Crippen molar-refractivity contribution in [1.82, 2.24) is 15.2 Å². The summed E-state index contributed by atoms with van der Waals surface area (Å²) in [6.07, 6.45) is 0.766. The number of nitrogens with one attached hydrogen (secondary N) is 2. The van der Waals surface area contributed by atoms with Crippen LogP contribution in [0, 0.1) is 13.8 Å². The molecule has 0 amide bonds. The molecular formula is C26H31N3O4S. The highest BCUT2D eigenvalue weighted by atomic mass is 32.1. The van der Waals surface area contributed by atoms with Crippen molar-refractivity contribution in [3.63, 3.8) is 0 Å². The number of ether oxygens (including phenoxy) is 3. The van der Waals surface area contributed by atoms with Crippen LogP contribution in [0.1, 0.15) is 33.9 Å². The molecule has 0 unspecified atom stereocenters. The maximum atomic E-state index is 13.5. The Morgan fingerprint density at radius 2 is 1.85 bits per heavy atom. The van der Waals surface area contributed by atoms with Gasteiger partial charge in [-0.3, -0.25) is 4.79 Å². The lowest BCUT2D eigenvalue weighted by Crippen LogP contribution is -2.47. The summed E-state index contributed by atoms with van der Waals surface area (Å²) in [4.78, 5) is 18.7. The van der Waals surface area contributed by atoms with Crippen molar-refractivity contribution < 1.29 is 14.2 Å². The van der Waals surface area contributed by atoms with Gasteiger partial charge in [-0.05, 0) is 78.3 Å². The molecule has 4 rings (SSSR count). The van der Waals surface area contributed by atoms with E-state index in [1.165, 1.54) is 0 Å². The molecule has 2 aromatic carbocycles. The molecule has 0 aliphatic carbocycles. The summed E-state index contributed by atoms with van der Waals surface area (Å²) in [5.74, 6) is 1.29. The average Bonchev–Trinajstić information content (AvgIpc) is 2.85. The Morgan fingerprint density at radius 1 is 1.12 bits per heavy atom. The van der Waals surface area contributed by atoms with Crippen LogP contribution < -0.4 is 20.3 Å². The standard InChI is InChI=1S/C26H31N3O4S/c1-15-6-7-18-12-20(25(30)28-23(18)16(15)2)24-19-14-22(33-5)21(32-4)13-17(19)8-10-29(24)26(34)27-9-11-31-3/h6-7,12-14,24H,8-11H2,1-5H3,(H,27,34)(H,28,30)/t24-/m0/s1. The van der Waals surface area contributed by atoms with Crippen molar-refractivity contribution in [3.8, 4) is 11.5 Å². The van der Waals surface area contributed by atoms with E-state index in [9.17, 15) is 4.79 Å². The summed E-state index contributed by atoms with van der Waals surface area (Å²) in [5.41, 5.74) is 5.68. The summed E-state index contributed by atoms with van der Waals surface area (Å²) in [7, 11) is 4.90. The van der Waals surface area contributed by atoms with Gasteiger partial charge in [0, 0.05) is 25.8 Å². The highest BCUT2D eigenvalue weighted by Gasteiger charge is 2.33. The zero-order valence-corrected chi connectivity index (χ0v) is 21.1. The van der Waals surface area contributed by atoms with Gasteiger partial charge < -0.3 is 29.4 Å². The van der Waals surface area contributed by atoms with E-state index >= 15 is 0 Å². The van der Waals surface area contributed by atoms with E-state index in [2.05, 4.69) is 27.3 Å². The fraction of sp³-hybridized carbons (Fsp3) is 0.385. The zero-order valence-electron chi connectivity index (χ0n) is 20.3. The number of aromatic nitrogens is 1. The second-order valence-corrected chi connectivity index (χ2v) is 8.89. The number of hydrogen-bond donors (Lipinski definition) is 2. The maximum absolute atomic E-state index is 13.5. The molecule has 1 atom stereocenters. The third-order valence-electron chi connectivity index (χ3n) is 6.59. The fourth-order valence-electron chi connectivity index (χ4n) is 4.61. The maximum Gasteiger partial charge on any atom is 0.254 e. The topological polar surface area (TPSA) is 75.8 Å². The molecule has 3 aromatic rings. The van der Waals surface area contributed by atoms with Gasteiger partial charge in [0.25, 0.3) is 5.56 Å². The first-order valence-electron chi connectivity index (χ1n) is 11.3. The van der Waals surface area contributed by atoms with E-state index in [0.717, 1.165) is 39.6 Å². The van der Waals surface area contributed by atoms with Crippen molar-refractivity contribution in [2.75, 3.05) is 41.0 Å². The highest BCUT2D eigenvalue weighted by Crippen LogP contribution is 2.40. The van der Waals surface area contributed by atoms with E-state index in [4.69, 9.17) is 26.4 Å². The predicted octanol–water partition coefficient (Wildman–Crippen LogP) is 3.63. The number of benzene rings is 2. The number of pyridine rings is 1. The van der Waals surface area contributed by atoms with E-state index in [0.29, 0.717) is 41.9 Å². The number of hydrogen-bond acceptors (Lipinski definition) is 5. The van der Waals surface area contributed by atoms with Gasteiger partial charge in [-0.15, -0.1) is 0 Å². The summed E-state index contributed by atoms with van der Waals surface area (Å²) in [5, 5.41) is 4.85. The first kappa shape index (κ1) is 24.0. The van der Waals surface area contributed by atoms with Crippen LogP contribution in [0.3, 0.4) is 0 Å². The molecule has 34 heavy (non-hydrogen) atoms. The van der Waals surface area contributed by atoms with Gasteiger partial charge in [-0.25, -0.2) is 0 Å².